The van der Waals surface area contributed by atoms with Gasteiger partial charge in [-0.05, 0) is 13.3 Å². The second-order valence-corrected chi connectivity index (χ2v) is 3.66. The van der Waals surface area contributed by atoms with Gasteiger partial charge >= 0.3 is 0 Å². The average molecular weight is 227 g/mol. The molecule has 0 unspecified atom stereocenters. The van der Waals surface area contributed by atoms with E-state index in [4.69, 9.17) is 5.11 Å². The lowest BCUT2D eigenvalue weighted by Gasteiger charge is -2.23. The quantitative estimate of drug-likeness (QED) is 0.800. The van der Waals surface area contributed by atoms with Gasteiger partial charge in [0.15, 0.2) is 11.6 Å². The Morgan fingerprint density at radius 1 is 1.38 bits per heavy atom. The summed E-state index contributed by atoms with van der Waals surface area (Å²) in [5.41, 5.74) is 0.337. The van der Waals surface area contributed by atoms with E-state index in [1.54, 1.807) is 11.8 Å². The van der Waals surface area contributed by atoms with Gasteiger partial charge in [0.2, 0.25) is 0 Å². The smallest absolute Gasteiger partial charge is 0.186 e. The summed E-state index contributed by atoms with van der Waals surface area (Å²) in [5, 5.41) is 8.95. The maximum atomic E-state index is 13.8. The third-order valence-corrected chi connectivity index (χ3v) is 2.40. The normalized spacial score (nSPS) is 10.5. The van der Waals surface area contributed by atoms with Crippen LogP contribution in [0.5, 0.6) is 0 Å². The number of aliphatic hydroxyl groups is 1. The highest BCUT2D eigenvalue weighted by Crippen LogP contribution is 2.17. The molecule has 0 spiro atoms. The van der Waals surface area contributed by atoms with E-state index in [0.29, 0.717) is 18.8 Å². The predicted octanol–water partition coefficient (Wildman–Crippen LogP) is 1.52. The molecule has 0 bridgehead atoms. The Labute approximate surface area is 95.1 Å². The molecule has 1 aromatic rings. The Morgan fingerprint density at radius 2 is 2.12 bits per heavy atom. The zero-order valence-corrected chi connectivity index (χ0v) is 9.78. The number of aliphatic hydroxyl groups excluding tert-OH is 1. The van der Waals surface area contributed by atoms with Gasteiger partial charge in [0, 0.05) is 13.1 Å². The summed E-state index contributed by atoms with van der Waals surface area (Å²) in [6.07, 6.45) is 3.32. The van der Waals surface area contributed by atoms with Gasteiger partial charge < -0.3 is 10.0 Å². The number of aromatic nitrogens is 2. The van der Waals surface area contributed by atoms with Crippen molar-refractivity contribution in [3.05, 3.63) is 17.8 Å². The molecule has 0 radical (unpaired) electrons. The van der Waals surface area contributed by atoms with E-state index in [-0.39, 0.29) is 12.4 Å². The molecule has 0 saturated heterocycles. The van der Waals surface area contributed by atoms with Gasteiger partial charge in [0.05, 0.1) is 12.3 Å². The van der Waals surface area contributed by atoms with Crippen LogP contribution < -0.4 is 4.90 Å². The summed E-state index contributed by atoms with van der Waals surface area (Å²) < 4.78 is 13.8. The van der Waals surface area contributed by atoms with Crippen LogP contribution in [0.2, 0.25) is 0 Å². The summed E-state index contributed by atoms with van der Waals surface area (Å²) in [7, 11) is 0. The Balaban J connectivity index is 2.86. The number of hydrogen-bond donors (Lipinski definition) is 1. The van der Waals surface area contributed by atoms with E-state index < -0.39 is 5.82 Å². The highest BCUT2D eigenvalue weighted by atomic mass is 19.1. The first-order valence-electron chi connectivity index (χ1n) is 5.53. The Bertz CT molecular complexity index is 333. The van der Waals surface area contributed by atoms with Crippen LogP contribution in [-0.4, -0.2) is 34.8 Å². The molecule has 90 valence electrons. The lowest BCUT2D eigenvalue weighted by atomic mass is 10.3. The minimum absolute atomic E-state index is 0.00773. The summed E-state index contributed by atoms with van der Waals surface area (Å²) >= 11 is 0. The Morgan fingerprint density at radius 3 is 2.75 bits per heavy atom. The molecular weight excluding hydrogens is 209 g/mol. The minimum atomic E-state index is -0.396. The third-order valence-electron chi connectivity index (χ3n) is 2.40. The van der Waals surface area contributed by atoms with Crippen molar-refractivity contribution in [3.63, 3.8) is 0 Å². The van der Waals surface area contributed by atoms with Crippen LogP contribution in [0.15, 0.2) is 6.33 Å². The number of nitrogens with zero attached hydrogens (tertiary/aromatic N) is 3. The molecule has 1 aromatic heterocycles. The average Bonchev–Trinajstić information content (AvgIpc) is 2.28. The molecule has 0 atom stereocenters. The SMILES string of the molecule is CCCCN(CCO)c1ncnc(C)c1F. The fourth-order valence-electron chi connectivity index (χ4n) is 1.46. The van der Waals surface area contributed by atoms with Crippen LogP contribution >= 0.6 is 0 Å². The molecule has 1 heterocycles. The van der Waals surface area contributed by atoms with Crippen molar-refractivity contribution in [2.75, 3.05) is 24.6 Å². The van der Waals surface area contributed by atoms with Crippen molar-refractivity contribution in [1.82, 2.24) is 9.97 Å². The molecule has 0 aliphatic carbocycles. The summed E-state index contributed by atoms with van der Waals surface area (Å²) in [5.74, 6) is -0.109. The highest BCUT2D eigenvalue weighted by Gasteiger charge is 2.14. The van der Waals surface area contributed by atoms with Crippen molar-refractivity contribution in [1.29, 1.82) is 0 Å². The number of anilines is 1. The zero-order chi connectivity index (χ0) is 12.0. The summed E-state index contributed by atoms with van der Waals surface area (Å²) in [6, 6.07) is 0. The molecule has 4 nitrogen and oxygen atoms in total. The molecule has 0 aliphatic heterocycles. The zero-order valence-electron chi connectivity index (χ0n) is 9.78. The molecule has 1 rings (SSSR count). The molecule has 0 aliphatic rings. The van der Waals surface area contributed by atoms with Gasteiger partial charge in [0.1, 0.15) is 6.33 Å². The Kier molecular flexibility index (Phi) is 5.11. The van der Waals surface area contributed by atoms with Gasteiger partial charge in [-0.15, -0.1) is 0 Å². The van der Waals surface area contributed by atoms with Crippen LogP contribution in [0.4, 0.5) is 10.2 Å². The maximum Gasteiger partial charge on any atom is 0.186 e. The molecular formula is C11H18FN3O. The Hall–Kier alpha value is -1.23. The topological polar surface area (TPSA) is 49.2 Å². The fraction of sp³-hybridized carbons (Fsp3) is 0.636. The van der Waals surface area contributed by atoms with E-state index in [0.717, 1.165) is 12.8 Å². The van der Waals surface area contributed by atoms with Crippen LogP contribution in [0.1, 0.15) is 25.5 Å². The molecule has 0 amide bonds. The second kappa shape index (κ2) is 6.37. The van der Waals surface area contributed by atoms with Crippen LogP contribution in [0.25, 0.3) is 0 Å². The van der Waals surface area contributed by atoms with Gasteiger partial charge in [-0.1, -0.05) is 13.3 Å². The van der Waals surface area contributed by atoms with E-state index >= 15 is 0 Å². The number of halogens is 1. The lowest BCUT2D eigenvalue weighted by Crippen LogP contribution is -2.29. The molecule has 1 N–H and O–H groups in total. The fourth-order valence-corrected chi connectivity index (χ4v) is 1.46. The van der Waals surface area contributed by atoms with Crippen molar-refractivity contribution in [2.24, 2.45) is 0 Å². The molecule has 16 heavy (non-hydrogen) atoms. The molecule has 0 aromatic carbocycles. The van der Waals surface area contributed by atoms with E-state index in [1.807, 2.05) is 0 Å². The summed E-state index contributed by atoms with van der Waals surface area (Å²) in [4.78, 5) is 9.48. The number of rotatable bonds is 6. The third kappa shape index (κ3) is 3.13. The first-order chi connectivity index (χ1) is 7.70. The molecule has 0 fully saturated rings. The van der Waals surface area contributed by atoms with Crippen molar-refractivity contribution in [3.8, 4) is 0 Å². The maximum absolute atomic E-state index is 13.8. The number of unbranched alkanes of at least 4 members (excludes halogenated alkanes) is 1. The second-order valence-electron chi connectivity index (χ2n) is 3.66. The van der Waals surface area contributed by atoms with Crippen LogP contribution in [-0.2, 0) is 0 Å². The monoisotopic (exact) mass is 227 g/mol. The predicted molar refractivity (Wildman–Crippen MR) is 60.9 cm³/mol. The number of aryl methyl sites for hydroxylation is 1. The van der Waals surface area contributed by atoms with Crippen LogP contribution in [0.3, 0.4) is 0 Å². The first kappa shape index (κ1) is 12.8. The van der Waals surface area contributed by atoms with E-state index in [9.17, 15) is 4.39 Å². The summed E-state index contributed by atoms with van der Waals surface area (Å²) in [6.45, 7) is 4.76. The largest absolute Gasteiger partial charge is 0.395 e. The number of hydrogen-bond acceptors (Lipinski definition) is 4. The van der Waals surface area contributed by atoms with Crippen molar-refractivity contribution < 1.29 is 9.50 Å². The standard InChI is InChI=1S/C11H18FN3O/c1-3-4-5-15(6-7-16)11-10(12)9(2)13-8-14-11/h8,16H,3-7H2,1-2H3. The van der Waals surface area contributed by atoms with E-state index in [2.05, 4.69) is 16.9 Å². The molecule has 0 saturated carbocycles. The van der Waals surface area contributed by atoms with Gasteiger partial charge in [0.25, 0.3) is 0 Å². The minimum Gasteiger partial charge on any atom is -0.395 e. The van der Waals surface area contributed by atoms with Gasteiger partial charge in [-0.2, -0.15) is 0 Å². The van der Waals surface area contributed by atoms with Gasteiger partial charge in [-0.3, -0.25) is 0 Å². The molecule has 5 heteroatoms. The van der Waals surface area contributed by atoms with Crippen molar-refractivity contribution >= 4 is 5.82 Å². The lowest BCUT2D eigenvalue weighted by molar-refractivity contribution is 0.300. The van der Waals surface area contributed by atoms with Crippen molar-refractivity contribution in [2.45, 2.75) is 26.7 Å². The van der Waals surface area contributed by atoms with Crippen LogP contribution in [0, 0.1) is 12.7 Å². The first-order valence-corrected chi connectivity index (χ1v) is 5.53. The van der Waals surface area contributed by atoms with E-state index in [1.165, 1.54) is 6.33 Å². The van der Waals surface area contributed by atoms with Gasteiger partial charge in [-0.25, -0.2) is 14.4 Å². The highest BCUT2D eigenvalue weighted by molar-refractivity contribution is 5.40.